The molecule has 1 amide bonds. The predicted molar refractivity (Wildman–Crippen MR) is 108 cm³/mol. The fourth-order valence-corrected chi connectivity index (χ4v) is 3.73. The first kappa shape index (κ1) is 17.8. The minimum atomic E-state index is -0.0751. The van der Waals surface area contributed by atoms with E-state index >= 15 is 0 Å². The molecule has 6 heteroatoms. The van der Waals surface area contributed by atoms with Gasteiger partial charge in [0.05, 0.1) is 0 Å². The number of Topliss-reactive ketones (excluding diaryl/α,β-unsaturated/α-hetero) is 1. The van der Waals surface area contributed by atoms with Crippen molar-refractivity contribution in [2.45, 2.75) is 6.92 Å². The number of furan rings is 1. The number of anilines is 1. The number of carbonyl (C=O) groups excluding carboxylic acids is 2. The number of hydrogen-bond donors (Lipinski definition) is 0. The maximum Gasteiger partial charge on any atom is 0.289 e. The fourth-order valence-electron chi connectivity index (χ4n) is 3.35. The van der Waals surface area contributed by atoms with Crippen LogP contribution in [-0.4, -0.2) is 42.8 Å². The zero-order chi connectivity index (χ0) is 19.0. The van der Waals surface area contributed by atoms with Crippen LogP contribution in [0, 0.1) is 0 Å². The second kappa shape index (κ2) is 7.19. The van der Waals surface area contributed by atoms with Crippen LogP contribution in [0.5, 0.6) is 0 Å². The van der Waals surface area contributed by atoms with Crippen molar-refractivity contribution in [3.8, 4) is 0 Å². The smallest absolute Gasteiger partial charge is 0.289 e. The van der Waals surface area contributed by atoms with Gasteiger partial charge in [-0.3, -0.25) is 9.59 Å². The van der Waals surface area contributed by atoms with E-state index in [0.717, 1.165) is 28.6 Å². The highest BCUT2D eigenvalue weighted by atomic mass is 79.9. The molecule has 27 heavy (non-hydrogen) atoms. The Morgan fingerprint density at radius 3 is 2.33 bits per heavy atom. The van der Waals surface area contributed by atoms with Gasteiger partial charge in [0, 0.05) is 47.3 Å². The van der Waals surface area contributed by atoms with Crippen molar-refractivity contribution in [1.29, 1.82) is 0 Å². The summed E-state index contributed by atoms with van der Waals surface area (Å²) in [6.07, 6.45) is 0. The number of piperazine rings is 1. The summed E-state index contributed by atoms with van der Waals surface area (Å²) in [4.78, 5) is 28.2. The highest BCUT2D eigenvalue weighted by Crippen LogP contribution is 2.25. The van der Waals surface area contributed by atoms with Gasteiger partial charge in [-0.05, 0) is 55.5 Å². The van der Waals surface area contributed by atoms with Gasteiger partial charge in [-0.1, -0.05) is 15.9 Å². The van der Waals surface area contributed by atoms with Crippen LogP contribution in [0.3, 0.4) is 0 Å². The Kier molecular flexibility index (Phi) is 4.74. The lowest BCUT2D eigenvalue weighted by Crippen LogP contribution is -2.48. The van der Waals surface area contributed by atoms with Crippen molar-refractivity contribution >= 4 is 44.3 Å². The SMILES string of the molecule is CC(=O)c1ccc(N2CCN(C(=O)c3cc4cc(Br)ccc4o3)CC2)cc1. The van der Waals surface area contributed by atoms with Crippen LogP contribution in [-0.2, 0) is 0 Å². The quantitative estimate of drug-likeness (QED) is 0.583. The molecule has 3 aromatic rings. The standard InChI is InChI=1S/C21H19BrN2O3/c1-14(25)15-2-5-18(6-3-15)23-8-10-24(11-9-23)21(26)20-13-16-12-17(22)4-7-19(16)27-20/h2-7,12-13H,8-11H2,1H3. The highest BCUT2D eigenvalue weighted by molar-refractivity contribution is 9.10. The topological polar surface area (TPSA) is 53.8 Å². The van der Waals surface area contributed by atoms with Crippen LogP contribution < -0.4 is 4.90 Å². The summed E-state index contributed by atoms with van der Waals surface area (Å²) < 4.78 is 6.69. The van der Waals surface area contributed by atoms with Crippen molar-refractivity contribution < 1.29 is 14.0 Å². The number of carbonyl (C=O) groups is 2. The number of fused-ring (bicyclic) bond motifs is 1. The van der Waals surface area contributed by atoms with E-state index < -0.39 is 0 Å². The molecule has 0 radical (unpaired) electrons. The second-order valence-electron chi connectivity index (χ2n) is 6.68. The summed E-state index contributed by atoms with van der Waals surface area (Å²) in [6.45, 7) is 4.33. The third-order valence-corrected chi connectivity index (χ3v) is 5.39. The fraction of sp³-hybridized carbons (Fsp3) is 0.238. The summed E-state index contributed by atoms with van der Waals surface area (Å²) >= 11 is 3.44. The monoisotopic (exact) mass is 426 g/mol. The molecule has 1 aliphatic rings. The Morgan fingerprint density at radius 1 is 0.963 bits per heavy atom. The molecular formula is C21H19BrN2O3. The molecule has 0 saturated carbocycles. The summed E-state index contributed by atoms with van der Waals surface area (Å²) in [6, 6.07) is 15.1. The maximum absolute atomic E-state index is 12.8. The van der Waals surface area contributed by atoms with Gasteiger partial charge in [0.15, 0.2) is 11.5 Å². The molecule has 1 fully saturated rings. The molecule has 1 saturated heterocycles. The normalized spacial score (nSPS) is 14.6. The molecule has 0 N–H and O–H groups in total. The summed E-state index contributed by atoms with van der Waals surface area (Å²) in [7, 11) is 0. The summed E-state index contributed by atoms with van der Waals surface area (Å²) in [5.41, 5.74) is 2.50. The first-order valence-corrected chi connectivity index (χ1v) is 9.65. The van der Waals surface area contributed by atoms with Crippen LogP contribution >= 0.6 is 15.9 Å². The average Bonchev–Trinajstić information content (AvgIpc) is 3.11. The van der Waals surface area contributed by atoms with E-state index in [1.807, 2.05) is 47.4 Å². The molecule has 4 rings (SSSR count). The molecule has 0 spiro atoms. The summed E-state index contributed by atoms with van der Waals surface area (Å²) in [5, 5.41) is 0.914. The van der Waals surface area contributed by atoms with E-state index in [9.17, 15) is 9.59 Å². The number of amides is 1. The van der Waals surface area contributed by atoms with E-state index in [2.05, 4.69) is 20.8 Å². The van der Waals surface area contributed by atoms with Gasteiger partial charge in [0.1, 0.15) is 5.58 Å². The van der Waals surface area contributed by atoms with Gasteiger partial charge >= 0.3 is 0 Å². The molecule has 138 valence electrons. The molecular weight excluding hydrogens is 408 g/mol. The molecule has 0 bridgehead atoms. The van der Waals surface area contributed by atoms with Gasteiger partial charge < -0.3 is 14.2 Å². The van der Waals surface area contributed by atoms with Gasteiger partial charge in [0.25, 0.3) is 5.91 Å². The van der Waals surface area contributed by atoms with Crippen molar-refractivity contribution in [1.82, 2.24) is 4.90 Å². The molecule has 2 aromatic carbocycles. The van der Waals surface area contributed by atoms with E-state index in [1.54, 1.807) is 13.0 Å². The van der Waals surface area contributed by atoms with E-state index in [4.69, 9.17) is 4.42 Å². The lowest BCUT2D eigenvalue weighted by atomic mass is 10.1. The number of benzene rings is 2. The van der Waals surface area contributed by atoms with Gasteiger partial charge in [-0.25, -0.2) is 0 Å². The largest absolute Gasteiger partial charge is 0.451 e. The Labute approximate surface area is 165 Å². The van der Waals surface area contributed by atoms with E-state index in [0.29, 0.717) is 30.0 Å². The summed E-state index contributed by atoms with van der Waals surface area (Å²) in [5.74, 6) is 0.367. The Bertz CT molecular complexity index is 1000. The Balaban J connectivity index is 1.43. The average molecular weight is 427 g/mol. The zero-order valence-corrected chi connectivity index (χ0v) is 16.5. The van der Waals surface area contributed by atoms with Crippen molar-refractivity contribution in [2.24, 2.45) is 0 Å². The minimum absolute atomic E-state index is 0.0647. The van der Waals surface area contributed by atoms with Crippen LogP contribution in [0.2, 0.25) is 0 Å². The number of nitrogens with zero attached hydrogens (tertiary/aromatic N) is 2. The Morgan fingerprint density at radius 2 is 1.67 bits per heavy atom. The van der Waals surface area contributed by atoms with E-state index in [1.165, 1.54) is 0 Å². The van der Waals surface area contributed by atoms with Crippen LogP contribution in [0.25, 0.3) is 11.0 Å². The molecule has 2 heterocycles. The van der Waals surface area contributed by atoms with Gasteiger partial charge in [-0.2, -0.15) is 0 Å². The van der Waals surface area contributed by atoms with Crippen molar-refractivity contribution in [3.05, 3.63) is 64.3 Å². The zero-order valence-electron chi connectivity index (χ0n) is 14.9. The van der Waals surface area contributed by atoms with Gasteiger partial charge in [-0.15, -0.1) is 0 Å². The second-order valence-corrected chi connectivity index (χ2v) is 7.59. The third kappa shape index (κ3) is 3.62. The van der Waals surface area contributed by atoms with Crippen LogP contribution in [0.15, 0.2) is 57.4 Å². The van der Waals surface area contributed by atoms with E-state index in [-0.39, 0.29) is 11.7 Å². The number of hydrogen-bond acceptors (Lipinski definition) is 4. The van der Waals surface area contributed by atoms with Crippen molar-refractivity contribution in [2.75, 3.05) is 31.1 Å². The highest BCUT2D eigenvalue weighted by Gasteiger charge is 2.24. The lowest BCUT2D eigenvalue weighted by Gasteiger charge is -2.35. The molecule has 1 aliphatic heterocycles. The van der Waals surface area contributed by atoms with Gasteiger partial charge in [0.2, 0.25) is 0 Å². The number of rotatable bonds is 3. The Hall–Kier alpha value is -2.60. The van der Waals surface area contributed by atoms with Crippen molar-refractivity contribution in [3.63, 3.8) is 0 Å². The lowest BCUT2D eigenvalue weighted by molar-refractivity contribution is 0.0717. The molecule has 5 nitrogen and oxygen atoms in total. The van der Waals surface area contributed by atoms with Crippen LogP contribution in [0.1, 0.15) is 27.8 Å². The maximum atomic E-state index is 12.8. The third-order valence-electron chi connectivity index (χ3n) is 4.89. The minimum Gasteiger partial charge on any atom is -0.451 e. The first-order valence-electron chi connectivity index (χ1n) is 8.85. The molecule has 0 aliphatic carbocycles. The number of halogens is 1. The molecule has 1 aromatic heterocycles. The predicted octanol–water partition coefficient (Wildman–Crippen LogP) is 4.36. The molecule has 0 atom stereocenters. The van der Waals surface area contributed by atoms with Crippen LogP contribution in [0.4, 0.5) is 5.69 Å². The number of ketones is 1. The molecule has 0 unspecified atom stereocenters. The first-order chi connectivity index (χ1) is 13.0.